The SMILES string of the molecule is COc1ccc(-c2nc(C#N)c(NCCN(C)C)o2)cc1S(=O)(=O)N1CCCCC1. The number of aromatic nitrogens is 1. The van der Waals surface area contributed by atoms with Crippen molar-refractivity contribution >= 4 is 15.9 Å². The van der Waals surface area contributed by atoms with Crippen molar-refractivity contribution in [3.05, 3.63) is 23.9 Å². The summed E-state index contributed by atoms with van der Waals surface area (Å²) in [5.41, 5.74) is 0.587. The fourth-order valence-corrected chi connectivity index (χ4v) is 4.99. The molecule has 0 bridgehead atoms. The molecule has 1 aromatic carbocycles. The van der Waals surface area contributed by atoms with E-state index in [1.54, 1.807) is 12.1 Å². The van der Waals surface area contributed by atoms with Crippen LogP contribution in [0.1, 0.15) is 25.0 Å². The van der Waals surface area contributed by atoms with Gasteiger partial charge in [0.05, 0.1) is 7.11 Å². The van der Waals surface area contributed by atoms with Crippen LogP contribution in [0.3, 0.4) is 0 Å². The van der Waals surface area contributed by atoms with Gasteiger partial charge in [-0.15, -0.1) is 0 Å². The molecule has 1 aromatic heterocycles. The summed E-state index contributed by atoms with van der Waals surface area (Å²) in [5, 5.41) is 12.4. The van der Waals surface area contributed by atoms with Gasteiger partial charge in [-0.05, 0) is 45.1 Å². The summed E-state index contributed by atoms with van der Waals surface area (Å²) < 4.78 is 39.0. The van der Waals surface area contributed by atoms with Crippen molar-refractivity contribution in [2.75, 3.05) is 52.7 Å². The van der Waals surface area contributed by atoms with Gasteiger partial charge in [-0.2, -0.15) is 14.6 Å². The van der Waals surface area contributed by atoms with Crippen molar-refractivity contribution in [2.24, 2.45) is 0 Å². The number of nitrogens with zero attached hydrogens (tertiary/aromatic N) is 4. The molecular weight excluding hydrogens is 406 g/mol. The largest absolute Gasteiger partial charge is 0.495 e. The minimum absolute atomic E-state index is 0.0724. The van der Waals surface area contributed by atoms with Crippen LogP contribution in [0.15, 0.2) is 27.5 Å². The topological polar surface area (TPSA) is 112 Å². The number of nitrogens with one attached hydrogen (secondary N) is 1. The molecule has 30 heavy (non-hydrogen) atoms. The standard InChI is InChI=1S/C20H27N5O4S/c1-24(2)12-9-22-20-16(14-21)23-19(29-20)15-7-8-17(28-3)18(13-15)30(26,27)25-10-5-4-6-11-25/h7-8,13,22H,4-6,9-12H2,1-3H3. The molecule has 162 valence electrons. The van der Waals surface area contributed by atoms with Crippen molar-refractivity contribution in [3.63, 3.8) is 0 Å². The predicted molar refractivity (Wildman–Crippen MR) is 113 cm³/mol. The molecule has 9 nitrogen and oxygen atoms in total. The van der Waals surface area contributed by atoms with Crippen LogP contribution < -0.4 is 10.1 Å². The molecule has 0 unspecified atom stereocenters. The number of rotatable bonds is 8. The number of hydrogen-bond acceptors (Lipinski definition) is 8. The molecule has 1 aliphatic rings. The van der Waals surface area contributed by atoms with Crippen molar-refractivity contribution in [1.82, 2.24) is 14.2 Å². The maximum absolute atomic E-state index is 13.2. The predicted octanol–water partition coefficient (Wildman–Crippen LogP) is 2.37. The van der Waals surface area contributed by atoms with Crippen LogP contribution >= 0.6 is 0 Å². The second-order valence-corrected chi connectivity index (χ2v) is 9.28. The Morgan fingerprint density at radius 2 is 2.03 bits per heavy atom. The lowest BCUT2D eigenvalue weighted by atomic mass is 10.2. The van der Waals surface area contributed by atoms with Gasteiger partial charge in [0, 0.05) is 31.7 Å². The highest BCUT2D eigenvalue weighted by molar-refractivity contribution is 7.89. The van der Waals surface area contributed by atoms with Crippen LogP contribution in [-0.2, 0) is 10.0 Å². The van der Waals surface area contributed by atoms with Crippen LogP contribution in [-0.4, -0.2) is 70.0 Å². The lowest BCUT2D eigenvalue weighted by Gasteiger charge is -2.26. The first kappa shape index (κ1) is 22.1. The molecule has 10 heteroatoms. The van der Waals surface area contributed by atoms with Gasteiger partial charge in [0.1, 0.15) is 16.7 Å². The first-order valence-corrected chi connectivity index (χ1v) is 11.3. The number of sulfonamides is 1. The molecule has 1 aliphatic heterocycles. The summed E-state index contributed by atoms with van der Waals surface area (Å²) in [7, 11) is 1.61. The molecule has 1 saturated heterocycles. The molecule has 0 spiro atoms. The average molecular weight is 434 g/mol. The number of ether oxygens (including phenoxy) is 1. The first-order valence-electron chi connectivity index (χ1n) is 9.85. The molecule has 1 fully saturated rings. The van der Waals surface area contributed by atoms with Crippen molar-refractivity contribution < 1.29 is 17.6 Å². The number of benzene rings is 1. The third kappa shape index (κ3) is 4.75. The van der Waals surface area contributed by atoms with Gasteiger partial charge in [0.15, 0.2) is 0 Å². The van der Waals surface area contributed by atoms with Crippen LogP contribution in [0.25, 0.3) is 11.5 Å². The van der Waals surface area contributed by atoms with E-state index in [9.17, 15) is 13.7 Å². The molecule has 2 heterocycles. The first-order chi connectivity index (χ1) is 14.4. The zero-order valence-electron chi connectivity index (χ0n) is 17.5. The maximum atomic E-state index is 13.2. The van der Waals surface area contributed by atoms with E-state index in [-0.39, 0.29) is 28.1 Å². The highest BCUT2D eigenvalue weighted by atomic mass is 32.2. The molecule has 0 radical (unpaired) electrons. The summed E-state index contributed by atoms with van der Waals surface area (Å²) in [4.78, 5) is 6.30. The second-order valence-electron chi connectivity index (χ2n) is 7.37. The van der Waals surface area contributed by atoms with Crippen LogP contribution in [0.2, 0.25) is 0 Å². The van der Waals surface area contributed by atoms with Crippen LogP contribution in [0.5, 0.6) is 5.75 Å². The summed E-state index contributed by atoms with van der Waals surface area (Å²) in [6.45, 7) is 2.32. The zero-order chi connectivity index (χ0) is 21.7. The highest BCUT2D eigenvalue weighted by Gasteiger charge is 2.30. The zero-order valence-corrected chi connectivity index (χ0v) is 18.3. The van der Waals surface area contributed by atoms with Gasteiger partial charge >= 0.3 is 0 Å². The molecule has 0 atom stereocenters. The molecule has 3 rings (SSSR count). The Hall–Kier alpha value is -2.61. The molecule has 0 amide bonds. The van der Waals surface area contributed by atoms with Crippen molar-refractivity contribution in [2.45, 2.75) is 24.2 Å². The second kappa shape index (κ2) is 9.47. The van der Waals surface area contributed by atoms with Gasteiger partial charge in [-0.25, -0.2) is 8.42 Å². The normalized spacial score (nSPS) is 15.2. The summed E-state index contributed by atoms with van der Waals surface area (Å²) in [5.74, 6) is 0.711. The lowest BCUT2D eigenvalue weighted by Crippen LogP contribution is -2.35. The molecule has 0 saturated carbocycles. The number of piperidine rings is 1. The Morgan fingerprint density at radius 3 is 2.67 bits per heavy atom. The summed E-state index contributed by atoms with van der Waals surface area (Å²) in [6, 6.07) is 6.77. The van der Waals surface area contributed by atoms with Crippen LogP contribution in [0.4, 0.5) is 5.88 Å². The number of oxazole rings is 1. The van der Waals surface area contributed by atoms with E-state index in [1.165, 1.54) is 17.5 Å². The third-order valence-electron chi connectivity index (χ3n) is 4.92. The Morgan fingerprint density at radius 1 is 1.30 bits per heavy atom. The van der Waals surface area contributed by atoms with E-state index in [2.05, 4.69) is 10.3 Å². The molecule has 0 aliphatic carbocycles. The monoisotopic (exact) mass is 433 g/mol. The quantitative estimate of drug-likeness (QED) is 0.675. The van der Waals surface area contributed by atoms with E-state index in [0.29, 0.717) is 25.2 Å². The van der Waals surface area contributed by atoms with Gasteiger partial charge in [-0.3, -0.25) is 0 Å². The lowest BCUT2D eigenvalue weighted by molar-refractivity contribution is 0.343. The minimum atomic E-state index is -3.72. The smallest absolute Gasteiger partial charge is 0.246 e. The summed E-state index contributed by atoms with van der Waals surface area (Å²) >= 11 is 0. The average Bonchev–Trinajstić information content (AvgIpc) is 3.16. The molecule has 1 N–H and O–H groups in total. The van der Waals surface area contributed by atoms with Gasteiger partial charge in [-0.1, -0.05) is 6.42 Å². The van der Waals surface area contributed by atoms with Crippen molar-refractivity contribution in [3.8, 4) is 23.3 Å². The third-order valence-corrected chi connectivity index (χ3v) is 6.84. The van der Waals surface area contributed by atoms with Gasteiger partial charge < -0.3 is 19.4 Å². The van der Waals surface area contributed by atoms with Crippen molar-refractivity contribution in [1.29, 1.82) is 5.26 Å². The number of methoxy groups -OCH3 is 1. The number of nitriles is 1. The fraction of sp³-hybridized carbons (Fsp3) is 0.500. The Bertz CT molecular complexity index is 1020. The van der Waals surface area contributed by atoms with E-state index in [0.717, 1.165) is 25.8 Å². The van der Waals surface area contributed by atoms with Gasteiger partial charge in [0.25, 0.3) is 0 Å². The fourth-order valence-electron chi connectivity index (χ4n) is 3.29. The van der Waals surface area contributed by atoms with E-state index >= 15 is 0 Å². The Balaban J connectivity index is 1.95. The Labute approximate surface area is 177 Å². The number of hydrogen-bond donors (Lipinski definition) is 1. The molecule has 2 aromatic rings. The summed E-state index contributed by atoms with van der Waals surface area (Å²) in [6.07, 6.45) is 2.71. The van der Waals surface area contributed by atoms with E-state index in [1.807, 2.05) is 25.1 Å². The van der Waals surface area contributed by atoms with Crippen LogP contribution in [0, 0.1) is 11.3 Å². The maximum Gasteiger partial charge on any atom is 0.246 e. The number of anilines is 1. The van der Waals surface area contributed by atoms with Gasteiger partial charge in [0.2, 0.25) is 27.5 Å². The molecular formula is C20H27N5O4S. The van der Waals surface area contributed by atoms with E-state index < -0.39 is 10.0 Å². The number of likely N-dealkylation sites (N-methyl/N-ethyl adjacent to an activating group) is 1. The minimum Gasteiger partial charge on any atom is -0.495 e. The van der Waals surface area contributed by atoms with E-state index in [4.69, 9.17) is 9.15 Å². The highest BCUT2D eigenvalue weighted by Crippen LogP contribution is 2.34. The Kier molecular flexibility index (Phi) is 6.97.